The molecule has 1 amide bonds. The predicted octanol–water partition coefficient (Wildman–Crippen LogP) is 6.08. The first-order valence-corrected chi connectivity index (χ1v) is 12.5. The van der Waals surface area contributed by atoms with Crippen LogP contribution in [0.25, 0.3) is 0 Å². The van der Waals surface area contributed by atoms with Crippen LogP contribution in [0.15, 0.2) is 59.5 Å². The van der Waals surface area contributed by atoms with Gasteiger partial charge in [-0.2, -0.15) is 0 Å². The second kappa shape index (κ2) is 10.8. The van der Waals surface area contributed by atoms with Crippen LogP contribution in [-0.4, -0.2) is 28.0 Å². The zero-order valence-electron chi connectivity index (χ0n) is 17.2. The van der Waals surface area contributed by atoms with Crippen molar-refractivity contribution >= 4 is 68.0 Å². The van der Waals surface area contributed by atoms with E-state index in [4.69, 9.17) is 51.1 Å². The van der Waals surface area contributed by atoms with Gasteiger partial charge >= 0.3 is 0 Å². The Morgan fingerprint density at radius 1 is 0.909 bits per heavy atom. The van der Waals surface area contributed by atoms with Crippen LogP contribution in [0.4, 0.5) is 5.69 Å². The molecule has 3 rings (SSSR count). The summed E-state index contributed by atoms with van der Waals surface area (Å²) in [6.07, 6.45) is 0.470. The molecule has 0 bridgehead atoms. The molecule has 3 aromatic carbocycles. The Hall–Kier alpha value is -2.16. The summed E-state index contributed by atoms with van der Waals surface area (Å²) in [5.74, 6) is -0.398. The van der Waals surface area contributed by atoms with Gasteiger partial charge < -0.3 is 10.1 Å². The number of amides is 1. The topological polar surface area (TPSA) is 84.5 Å². The third-order valence-corrected chi connectivity index (χ3v) is 7.12. The van der Waals surface area contributed by atoms with Gasteiger partial charge in [0.15, 0.2) is 0 Å². The highest BCUT2D eigenvalue weighted by atomic mass is 35.5. The lowest BCUT2D eigenvalue weighted by Gasteiger charge is -2.14. The quantitative estimate of drug-likeness (QED) is 0.358. The summed E-state index contributed by atoms with van der Waals surface area (Å²) in [4.78, 5) is 12.4. The summed E-state index contributed by atoms with van der Waals surface area (Å²) in [5.41, 5.74) is 1.05. The van der Waals surface area contributed by atoms with Crippen molar-refractivity contribution < 1.29 is 17.9 Å². The molecule has 0 spiro atoms. The molecule has 0 aliphatic heterocycles. The Labute approximate surface area is 211 Å². The monoisotopic (exact) mass is 546 g/mol. The van der Waals surface area contributed by atoms with Gasteiger partial charge in [-0.3, -0.25) is 9.52 Å². The molecule has 0 unspecified atom stereocenters. The molecule has 11 heteroatoms. The molecule has 0 aromatic heterocycles. The lowest BCUT2D eigenvalue weighted by molar-refractivity contribution is 0.0954. The number of halogens is 4. The molecule has 0 saturated carbocycles. The Balaban J connectivity index is 1.79. The van der Waals surface area contributed by atoms with Crippen molar-refractivity contribution in [2.24, 2.45) is 0 Å². The molecule has 0 saturated heterocycles. The third kappa shape index (κ3) is 6.46. The number of ether oxygens (including phenoxy) is 1. The number of carbonyl (C=O) groups excluding carboxylic acids is 1. The molecule has 0 atom stereocenters. The van der Waals surface area contributed by atoms with Crippen LogP contribution in [0.5, 0.6) is 5.75 Å². The van der Waals surface area contributed by atoms with E-state index in [9.17, 15) is 13.2 Å². The van der Waals surface area contributed by atoms with Crippen LogP contribution in [0.1, 0.15) is 15.9 Å². The van der Waals surface area contributed by atoms with Crippen molar-refractivity contribution in [3.05, 3.63) is 85.8 Å². The van der Waals surface area contributed by atoms with E-state index >= 15 is 0 Å². The van der Waals surface area contributed by atoms with E-state index in [0.29, 0.717) is 21.5 Å². The van der Waals surface area contributed by atoms with Gasteiger partial charge in [0.1, 0.15) is 10.6 Å². The highest BCUT2D eigenvalue weighted by molar-refractivity contribution is 7.92. The fourth-order valence-corrected chi connectivity index (χ4v) is 5.10. The van der Waals surface area contributed by atoms with Gasteiger partial charge in [-0.15, -0.1) is 0 Å². The maximum absolute atomic E-state index is 13.0. The lowest BCUT2D eigenvalue weighted by atomic mass is 10.1. The van der Waals surface area contributed by atoms with E-state index in [2.05, 4.69) is 10.0 Å². The van der Waals surface area contributed by atoms with Gasteiger partial charge in [-0.1, -0.05) is 52.5 Å². The summed E-state index contributed by atoms with van der Waals surface area (Å²) in [5, 5.41) is 4.23. The van der Waals surface area contributed by atoms with Crippen LogP contribution in [-0.2, 0) is 16.4 Å². The van der Waals surface area contributed by atoms with E-state index in [1.165, 1.54) is 43.5 Å². The van der Waals surface area contributed by atoms with Crippen LogP contribution in [0.3, 0.4) is 0 Å². The summed E-state index contributed by atoms with van der Waals surface area (Å²) < 4.78 is 33.6. The zero-order chi connectivity index (χ0) is 24.2. The summed E-state index contributed by atoms with van der Waals surface area (Å²) >= 11 is 24.1. The molecule has 33 heavy (non-hydrogen) atoms. The summed E-state index contributed by atoms with van der Waals surface area (Å²) in [6, 6.07) is 13.6. The number of hydrogen-bond acceptors (Lipinski definition) is 4. The van der Waals surface area contributed by atoms with Crippen molar-refractivity contribution in [2.45, 2.75) is 11.3 Å². The summed E-state index contributed by atoms with van der Waals surface area (Å²) in [6.45, 7) is 0.282. The highest BCUT2D eigenvalue weighted by Crippen LogP contribution is 2.31. The average molecular weight is 548 g/mol. The second-order valence-corrected chi connectivity index (χ2v) is 10.2. The van der Waals surface area contributed by atoms with E-state index in [1.54, 1.807) is 18.2 Å². The molecule has 174 valence electrons. The number of anilines is 1. The molecular formula is C22H18Cl4N2O4S. The standard InChI is InChI=1S/C22H18Cl4N2O4S/c1-32-20-7-3-14(22(29)27-9-8-13-2-4-15(23)11-18(13)26)10-21(20)33(30,31)28-19-12-16(24)5-6-17(19)25/h2-7,10-12,28H,8-9H2,1H3,(H,27,29). The Morgan fingerprint density at radius 3 is 2.30 bits per heavy atom. The lowest BCUT2D eigenvalue weighted by Crippen LogP contribution is -2.26. The molecule has 2 N–H and O–H groups in total. The molecule has 0 radical (unpaired) electrons. The van der Waals surface area contributed by atoms with Gasteiger partial charge in [0, 0.05) is 27.2 Å². The Bertz CT molecular complexity index is 1300. The Morgan fingerprint density at radius 2 is 1.61 bits per heavy atom. The van der Waals surface area contributed by atoms with Gasteiger partial charge in [0.25, 0.3) is 15.9 Å². The van der Waals surface area contributed by atoms with E-state index in [0.717, 1.165) is 5.56 Å². The number of methoxy groups -OCH3 is 1. The van der Waals surface area contributed by atoms with Crippen LogP contribution < -0.4 is 14.8 Å². The largest absolute Gasteiger partial charge is 0.495 e. The second-order valence-electron chi connectivity index (χ2n) is 6.84. The smallest absolute Gasteiger partial charge is 0.265 e. The highest BCUT2D eigenvalue weighted by Gasteiger charge is 2.23. The van der Waals surface area contributed by atoms with Crippen molar-refractivity contribution in [1.29, 1.82) is 0 Å². The molecule has 0 fully saturated rings. The number of rotatable bonds is 8. The minimum atomic E-state index is -4.15. The maximum Gasteiger partial charge on any atom is 0.265 e. The first-order chi connectivity index (χ1) is 15.6. The maximum atomic E-state index is 13.0. The van der Waals surface area contributed by atoms with Gasteiger partial charge in [-0.05, 0) is 60.5 Å². The third-order valence-electron chi connectivity index (χ3n) is 4.58. The van der Waals surface area contributed by atoms with Gasteiger partial charge in [-0.25, -0.2) is 8.42 Å². The molecule has 0 aliphatic rings. The van der Waals surface area contributed by atoms with Crippen LogP contribution in [0.2, 0.25) is 20.1 Å². The normalized spacial score (nSPS) is 11.2. The average Bonchev–Trinajstić information content (AvgIpc) is 2.77. The number of nitrogens with one attached hydrogen (secondary N) is 2. The van der Waals surface area contributed by atoms with Crippen LogP contribution in [0, 0.1) is 0 Å². The minimum absolute atomic E-state index is 0.0603. The zero-order valence-corrected chi connectivity index (χ0v) is 21.0. The number of hydrogen-bond donors (Lipinski definition) is 2. The summed E-state index contributed by atoms with van der Waals surface area (Å²) in [7, 11) is -2.82. The molecule has 0 heterocycles. The van der Waals surface area contributed by atoms with E-state index in [-0.39, 0.29) is 33.5 Å². The number of sulfonamides is 1. The molecular weight excluding hydrogens is 530 g/mol. The molecule has 3 aromatic rings. The minimum Gasteiger partial charge on any atom is -0.495 e. The first kappa shape index (κ1) is 25.5. The Kier molecular flexibility index (Phi) is 8.37. The van der Waals surface area contributed by atoms with Crippen molar-refractivity contribution in [1.82, 2.24) is 5.32 Å². The van der Waals surface area contributed by atoms with E-state index < -0.39 is 15.9 Å². The SMILES string of the molecule is COc1ccc(C(=O)NCCc2ccc(Cl)cc2Cl)cc1S(=O)(=O)Nc1cc(Cl)ccc1Cl. The predicted molar refractivity (Wildman–Crippen MR) is 133 cm³/mol. The van der Waals surface area contributed by atoms with Gasteiger partial charge in [0.2, 0.25) is 0 Å². The first-order valence-electron chi connectivity index (χ1n) is 9.49. The molecule has 6 nitrogen and oxygen atoms in total. The van der Waals surface area contributed by atoms with Crippen molar-refractivity contribution in [3.8, 4) is 5.75 Å². The van der Waals surface area contributed by atoms with Gasteiger partial charge in [0.05, 0.1) is 17.8 Å². The fraction of sp³-hybridized carbons (Fsp3) is 0.136. The number of carbonyl (C=O) groups is 1. The van der Waals surface area contributed by atoms with Crippen molar-refractivity contribution in [2.75, 3.05) is 18.4 Å². The van der Waals surface area contributed by atoms with Crippen LogP contribution >= 0.6 is 46.4 Å². The fourth-order valence-electron chi connectivity index (χ4n) is 2.94. The van der Waals surface area contributed by atoms with Crippen molar-refractivity contribution in [3.63, 3.8) is 0 Å². The molecule has 0 aliphatic carbocycles. The van der Waals surface area contributed by atoms with E-state index in [1.807, 2.05) is 0 Å². The number of benzene rings is 3.